The monoisotopic (exact) mass is 219 g/mol. The first-order valence-electron chi connectivity index (χ1n) is 6.31. The van der Waals surface area contributed by atoms with Crippen LogP contribution >= 0.6 is 0 Å². The van der Waals surface area contributed by atoms with Crippen molar-refractivity contribution >= 4 is 0 Å². The van der Waals surface area contributed by atoms with Gasteiger partial charge in [0, 0.05) is 0 Å². The molecule has 1 N–H and O–H groups in total. The summed E-state index contributed by atoms with van der Waals surface area (Å²) in [6.07, 6.45) is 3.52. The lowest BCUT2D eigenvalue weighted by molar-refractivity contribution is 0.309. The topological polar surface area (TPSA) is 21.3 Å². The molecule has 1 fully saturated rings. The van der Waals surface area contributed by atoms with Crippen molar-refractivity contribution in [1.82, 2.24) is 5.32 Å². The summed E-state index contributed by atoms with van der Waals surface area (Å²) in [7, 11) is 0. The minimum atomic E-state index is 0.836. The summed E-state index contributed by atoms with van der Waals surface area (Å²) < 4.78 is 5.63. The van der Waals surface area contributed by atoms with Crippen molar-refractivity contribution in [3.8, 4) is 5.75 Å². The van der Waals surface area contributed by atoms with Gasteiger partial charge in [-0.25, -0.2) is 0 Å². The molecule has 0 unspecified atom stereocenters. The molecule has 2 nitrogen and oxygen atoms in total. The molecule has 1 aliphatic rings. The lowest BCUT2D eigenvalue weighted by atomic mass is 9.94. The Kier molecular flexibility index (Phi) is 4.23. The van der Waals surface area contributed by atoms with E-state index in [9.17, 15) is 0 Å². The Balaban J connectivity index is 1.78. The van der Waals surface area contributed by atoms with Gasteiger partial charge in [0.25, 0.3) is 0 Å². The molecule has 2 heteroatoms. The summed E-state index contributed by atoms with van der Waals surface area (Å²) in [6, 6.07) is 8.58. The highest BCUT2D eigenvalue weighted by atomic mass is 16.5. The van der Waals surface area contributed by atoms with Crippen molar-refractivity contribution in [1.29, 1.82) is 0 Å². The summed E-state index contributed by atoms with van der Waals surface area (Å²) >= 11 is 0. The fourth-order valence-electron chi connectivity index (χ4n) is 1.88. The van der Waals surface area contributed by atoms with E-state index in [0.29, 0.717) is 0 Å². The van der Waals surface area contributed by atoms with Gasteiger partial charge in [-0.15, -0.1) is 0 Å². The molecule has 0 bridgehead atoms. The SMILES string of the molecule is CCCCOc1ccc(CC2CNC2)cc1. The Morgan fingerprint density at radius 2 is 2.00 bits per heavy atom. The van der Waals surface area contributed by atoms with Crippen molar-refractivity contribution in [2.24, 2.45) is 5.92 Å². The predicted molar refractivity (Wildman–Crippen MR) is 66.9 cm³/mol. The smallest absolute Gasteiger partial charge is 0.119 e. The fraction of sp³-hybridized carbons (Fsp3) is 0.571. The largest absolute Gasteiger partial charge is 0.494 e. The van der Waals surface area contributed by atoms with Crippen LogP contribution in [0.25, 0.3) is 0 Å². The van der Waals surface area contributed by atoms with Crippen LogP contribution in [0.5, 0.6) is 5.75 Å². The number of unbranched alkanes of at least 4 members (excludes halogenated alkanes) is 1. The van der Waals surface area contributed by atoms with E-state index in [1.54, 1.807) is 0 Å². The Morgan fingerprint density at radius 1 is 1.25 bits per heavy atom. The summed E-state index contributed by atoms with van der Waals surface area (Å²) in [6.45, 7) is 5.37. The van der Waals surface area contributed by atoms with Gasteiger partial charge in [0.2, 0.25) is 0 Å². The van der Waals surface area contributed by atoms with Crippen LogP contribution in [-0.2, 0) is 6.42 Å². The first-order chi connectivity index (χ1) is 7.88. The third-order valence-corrected chi connectivity index (χ3v) is 3.08. The molecule has 88 valence electrons. The highest BCUT2D eigenvalue weighted by Crippen LogP contribution is 2.17. The first-order valence-corrected chi connectivity index (χ1v) is 6.31. The molecule has 0 aliphatic carbocycles. The minimum absolute atomic E-state index is 0.836. The van der Waals surface area contributed by atoms with Crippen molar-refractivity contribution in [2.75, 3.05) is 19.7 Å². The van der Waals surface area contributed by atoms with E-state index in [2.05, 4.69) is 36.5 Å². The Bertz CT molecular complexity index is 303. The molecule has 0 atom stereocenters. The van der Waals surface area contributed by atoms with E-state index in [1.807, 2.05) is 0 Å². The number of nitrogens with one attached hydrogen (secondary N) is 1. The van der Waals surface area contributed by atoms with Crippen LogP contribution in [0.2, 0.25) is 0 Å². The number of rotatable bonds is 6. The van der Waals surface area contributed by atoms with E-state index in [4.69, 9.17) is 4.74 Å². The van der Waals surface area contributed by atoms with Gasteiger partial charge in [0.1, 0.15) is 5.75 Å². The van der Waals surface area contributed by atoms with Crippen molar-refractivity contribution in [3.63, 3.8) is 0 Å². The highest BCUT2D eigenvalue weighted by molar-refractivity contribution is 5.27. The molecular weight excluding hydrogens is 198 g/mol. The molecule has 0 saturated carbocycles. The molecule has 1 aromatic carbocycles. The van der Waals surface area contributed by atoms with Crippen molar-refractivity contribution in [3.05, 3.63) is 29.8 Å². The van der Waals surface area contributed by atoms with E-state index < -0.39 is 0 Å². The molecule has 1 heterocycles. The second-order valence-electron chi connectivity index (χ2n) is 4.57. The third kappa shape index (κ3) is 3.24. The zero-order valence-corrected chi connectivity index (χ0v) is 10.0. The van der Waals surface area contributed by atoms with Crippen LogP contribution in [0.15, 0.2) is 24.3 Å². The van der Waals surface area contributed by atoms with E-state index in [0.717, 1.165) is 24.7 Å². The van der Waals surface area contributed by atoms with Crippen LogP contribution in [0.3, 0.4) is 0 Å². The van der Waals surface area contributed by atoms with Crippen LogP contribution in [0.4, 0.5) is 0 Å². The summed E-state index contributed by atoms with van der Waals surface area (Å²) in [5.41, 5.74) is 1.43. The van der Waals surface area contributed by atoms with Gasteiger partial charge < -0.3 is 10.1 Å². The summed E-state index contributed by atoms with van der Waals surface area (Å²) in [5.74, 6) is 1.84. The van der Waals surface area contributed by atoms with Gasteiger partial charge in [-0.2, -0.15) is 0 Å². The second kappa shape index (κ2) is 5.90. The minimum Gasteiger partial charge on any atom is -0.494 e. The molecule has 0 amide bonds. The number of ether oxygens (including phenoxy) is 1. The Morgan fingerprint density at radius 3 is 2.56 bits per heavy atom. The highest BCUT2D eigenvalue weighted by Gasteiger charge is 2.16. The third-order valence-electron chi connectivity index (χ3n) is 3.08. The standard InChI is InChI=1S/C14H21NO/c1-2-3-8-16-14-6-4-12(5-7-14)9-13-10-15-11-13/h4-7,13,15H,2-3,8-11H2,1H3. The fourth-order valence-corrected chi connectivity index (χ4v) is 1.88. The maximum absolute atomic E-state index is 5.63. The molecule has 0 radical (unpaired) electrons. The zero-order valence-electron chi connectivity index (χ0n) is 10.0. The number of hydrogen-bond donors (Lipinski definition) is 1. The number of benzene rings is 1. The average molecular weight is 219 g/mol. The zero-order chi connectivity index (χ0) is 11.2. The second-order valence-corrected chi connectivity index (χ2v) is 4.57. The lowest BCUT2D eigenvalue weighted by Gasteiger charge is -2.27. The molecule has 0 spiro atoms. The van der Waals surface area contributed by atoms with Crippen molar-refractivity contribution in [2.45, 2.75) is 26.2 Å². The van der Waals surface area contributed by atoms with E-state index in [1.165, 1.54) is 31.5 Å². The van der Waals surface area contributed by atoms with Crippen LogP contribution < -0.4 is 10.1 Å². The maximum atomic E-state index is 5.63. The molecule has 1 aromatic rings. The Labute approximate surface area is 98.0 Å². The van der Waals surface area contributed by atoms with Crippen LogP contribution in [0, 0.1) is 5.92 Å². The van der Waals surface area contributed by atoms with Gasteiger partial charge in [-0.3, -0.25) is 0 Å². The number of hydrogen-bond acceptors (Lipinski definition) is 2. The van der Waals surface area contributed by atoms with Gasteiger partial charge in [-0.05, 0) is 49.5 Å². The van der Waals surface area contributed by atoms with Crippen LogP contribution in [-0.4, -0.2) is 19.7 Å². The average Bonchev–Trinajstić information content (AvgIpc) is 2.26. The molecule has 16 heavy (non-hydrogen) atoms. The molecule has 1 aliphatic heterocycles. The summed E-state index contributed by atoms with van der Waals surface area (Å²) in [5, 5.41) is 3.30. The van der Waals surface area contributed by atoms with Crippen LogP contribution in [0.1, 0.15) is 25.3 Å². The molecule has 1 saturated heterocycles. The van der Waals surface area contributed by atoms with E-state index in [-0.39, 0.29) is 0 Å². The van der Waals surface area contributed by atoms with Gasteiger partial charge in [0.15, 0.2) is 0 Å². The first kappa shape index (κ1) is 11.5. The molecule has 2 rings (SSSR count). The van der Waals surface area contributed by atoms with Gasteiger partial charge in [0.05, 0.1) is 6.61 Å². The van der Waals surface area contributed by atoms with Crippen molar-refractivity contribution < 1.29 is 4.74 Å². The van der Waals surface area contributed by atoms with Gasteiger partial charge >= 0.3 is 0 Å². The lowest BCUT2D eigenvalue weighted by Crippen LogP contribution is -2.43. The predicted octanol–water partition coefficient (Wildman–Crippen LogP) is 2.63. The Hall–Kier alpha value is -1.02. The molecular formula is C14H21NO. The molecule has 0 aromatic heterocycles. The normalized spacial score (nSPS) is 15.8. The summed E-state index contributed by atoms with van der Waals surface area (Å²) in [4.78, 5) is 0. The van der Waals surface area contributed by atoms with E-state index >= 15 is 0 Å². The maximum Gasteiger partial charge on any atom is 0.119 e. The van der Waals surface area contributed by atoms with Gasteiger partial charge in [-0.1, -0.05) is 25.5 Å². The quantitative estimate of drug-likeness (QED) is 0.743.